The third-order valence-corrected chi connectivity index (χ3v) is 4.44. The maximum absolute atomic E-state index is 6.43. The molecular weight excluding hydrogens is 356 g/mol. The van der Waals surface area contributed by atoms with Gasteiger partial charge < -0.3 is 0 Å². The van der Waals surface area contributed by atoms with Gasteiger partial charge >= 0.3 is 0 Å². The molecule has 1 nitrogen and oxygen atoms in total. The molecule has 82 valence electrons. The van der Waals surface area contributed by atoms with Gasteiger partial charge in [0.1, 0.15) is 0 Å². The fourth-order valence-corrected chi connectivity index (χ4v) is 3.73. The molecule has 0 saturated carbocycles. The van der Waals surface area contributed by atoms with E-state index in [0.717, 1.165) is 49.5 Å². The first kappa shape index (κ1) is 11.1. The molecule has 0 fully saturated rings. The van der Waals surface area contributed by atoms with Crippen molar-refractivity contribution in [1.82, 2.24) is 4.98 Å². The van der Waals surface area contributed by atoms with Crippen LogP contribution in [0.1, 0.15) is 17.7 Å². The maximum atomic E-state index is 6.43. The second-order valence-electron chi connectivity index (χ2n) is 3.99. The molecule has 0 amide bonds. The van der Waals surface area contributed by atoms with Gasteiger partial charge in [-0.25, -0.2) is 0 Å². The van der Waals surface area contributed by atoms with Gasteiger partial charge in [0.15, 0.2) is 0 Å². The number of hydrogen-bond donors (Lipinski definition) is 0. The molecule has 0 bridgehead atoms. The van der Waals surface area contributed by atoms with Crippen LogP contribution in [0.5, 0.6) is 0 Å². The number of halogens is 3. The zero-order chi connectivity index (χ0) is 11.3. The van der Waals surface area contributed by atoms with Crippen molar-refractivity contribution in [3.8, 4) is 0 Å². The third kappa shape index (κ3) is 1.62. The highest BCUT2D eigenvalue weighted by Gasteiger charge is 2.19. The van der Waals surface area contributed by atoms with Crippen LogP contribution in [0, 0.1) is 3.57 Å². The van der Waals surface area contributed by atoms with Crippen LogP contribution in [-0.2, 0) is 12.8 Å². The van der Waals surface area contributed by atoms with Crippen molar-refractivity contribution >= 4 is 56.7 Å². The number of rotatable bonds is 0. The first-order chi connectivity index (χ1) is 7.66. The molecule has 2 aromatic rings. The Labute approximate surface area is 117 Å². The van der Waals surface area contributed by atoms with Crippen molar-refractivity contribution < 1.29 is 0 Å². The number of fused-ring (bicyclic) bond motifs is 2. The molecule has 0 aliphatic heterocycles. The van der Waals surface area contributed by atoms with Gasteiger partial charge in [-0.05, 0) is 59.5 Å². The summed E-state index contributed by atoms with van der Waals surface area (Å²) in [5.74, 6) is 0. The standard InChI is InChI=1S/C12H8Cl2IN/c13-6-4-8-11(14)7-2-1-3-10(7)16-12(8)9(15)5-6/h4-5H,1-3H2. The predicted octanol–water partition coefficient (Wildman–Crippen LogP) is 4.63. The van der Waals surface area contributed by atoms with E-state index in [1.165, 1.54) is 5.56 Å². The summed E-state index contributed by atoms with van der Waals surface area (Å²) >= 11 is 14.7. The van der Waals surface area contributed by atoms with Gasteiger partial charge in [-0.1, -0.05) is 23.2 Å². The highest BCUT2D eigenvalue weighted by atomic mass is 127. The third-order valence-electron chi connectivity index (χ3n) is 2.97. The summed E-state index contributed by atoms with van der Waals surface area (Å²) in [4.78, 5) is 4.71. The smallest absolute Gasteiger partial charge is 0.0854 e. The molecule has 1 aliphatic carbocycles. The minimum Gasteiger partial charge on any atom is -0.251 e. The van der Waals surface area contributed by atoms with Crippen LogP contribution in [0.25, 0.3) is 10.9 Å². The molecule has 1 aliphatic rings. The first-order valence-electron chi connectivity index (χ1n) is 5.13. The molecule has 1 aromatic heterocycles. The summed E-state index contributed by atoms with van der Waals surface area (Å²) in [5, 5.41) is 2.55. The van der Waals surface area contributed by atoms with Crippen LogP contribution >= 0.6 is 45.8 Å². The highest BCUT2D eigenvalue weighted by Crippen LogP contribution is 2.36. The topological polar surface area (TPSA) is 12.9 Å². The Balaban J connectivity index is 2.46. The Morgan fingerprint density at radius 3 is 2.81 bits per heavy atom. The molecule has 0 saturated heterocycles. The summed E-state index contributed by atoms with van der Waals surface area (Å²) in [6.45, 7) is 0. The van der Waals surface area contributed by atoms with E-state index in [-0.39, 0.29) is 0 Å². The van der Waals surface area contributed by atoms with Gasteiger partial charge in [0, 0.05) is 19.7 Å². The molecule has 1 heterocycles. The van der Waals surface area contributed by atoms with Crippen molar-refractivity contribution in [2.75, 3.05) is 0 Å². The lowest BCUT2D eigenvalue weighted by Crippen LogP contribution is -1.93. The number of aromatic nitrogens is 1. The minimum atomic E-state index is 0.721. The fraction of sp³-hybridized carbons (Fsp3) is 0.250. The molecule has 0 atom stereocenters. The van der Waals surface area contributed by atoms with E-state index < -0.39 is 0 Å². The summed E-state index contributed by atoms with van der Waals surface area (Å²) in [5.41, 5.74) is 3.36. The van der Waals surface area contributed by atoms with E-state index in [4.69, 9.17) is 28.2 Å². The van der Waals surface area contributed by atoms with E-state index in [1.807, 2.05) is 12.1 Å². The normalized spacial score (nSPS) is 14.4. The van der Waals surface area contributed by atoms with Crippen molar-refractivity contribution in [3.63, 3.8) is 0 Å². The summed E-state index contributed by atoms with van der Waals surface area (Å²) < 4.78 is 1.07. The maximum Gasteiger partial charge on any atom is 0.0854 e. The van der Waals surface area contributed by atoms with Crippen LogP contribution in [0.3, 0.4) is 0 Å². The van der Waals surface area contributed by atoms with Gasteiger partial charge in [0.2, 0.25) is 0 Å². The Morgan fingerprint density at radius 2 is 2.00 bits per heavy atom. The average Bonchev–Trinajstić information content (AvgIpc) is 2.68. The zero-order valence-corrected chi connectivity index (χ0v) is 12.0. The summed E-state index contributed by atoms with van der Waals surface area (Å²) in [7, 11) is 0. The Kier molecular flexibility index (Phi) is 2.76. The highest BCUT2D eigenvalue weighted by molar-refractivity contribution is 14.1. The lowest BCUT2D eigenvalue weighted by atomic mass is 10.1. The van der Waals surface area contributed by atoms with E-state index >= 15 is 0 Å². The van der Waals surface area contributed by atoms with Crippen LogP contribution in [0.4, 0.5) is 0 Å². The largest absolute Gasteiger partial charge is 0.251 e. The second kappa shape index (κ2) is 4.00. The number of hydrogen-bond acceptors (Lipinski definition) is 1. The van der Waals surface area contributed by atoms with Crippen LogP contribution in [-0.4, -0.2) is 4.98 Å². The lowest BCUT2D eigenvalue weighted by molar-refractivity contribution is 0.901. The van der Waals surface area contributed by atoms with Crippen LogP contribution in [0.2, 0.25) is 10.0 Å². The number of aryl methyl sites for hydroxylation is 1. The van der Waals surface area contributed by atoms with Crippen LogP contribution < -0.4 is 0 Å². The minimum absolute atomic E-state index is 0.721. The van der Waals surface area contributed by atoms with Crippen molar-refractivity contribution in [2.45, 2.75) is 19.3 Å². The monoisotopic (exact) mass is 363 g/mol. The number of benzene rings is 1. The molecule has 1 aromatic carbocycles. The predicted molar refractivity (Wildman–Crippen MR) is 76.5 cm³/mol. The van der Waals surface area contributed by atoms with Crippen LogP contribution in [0.15, 0.2) is 12.1 Å². The molecule has 3 rings (SSSR count). The van der Waals surface area contributed by atoms with E-state index in [2.05, 4.69) is 22.6 Å². The van der Waals surface area contributed by atoms with E-state index in [1.54, 1.807) is 0 Å². The number of pyridine rings is 1. The molecule has 0 unspecified atom stereocenters. The first-order valence-corrected chi connectivity index (χ1v) is 6.96. The Morgan fingerprint density at radius 1 is 1.19 bits per heavy atom. The van der Waals surface area contributed by atoms with E-state index in [9.17, 15) is 0 Å². The molecule has 0 radical (unpaired) electrons. The van der Waals surface area contributed by atoms with Crippen molar-refractivity contribution in [2.24, 2.45) is 0 Å². The zero-order valence-electron chi connectivity index (χ0n) is 8.36. The molecule has 0 N–H and O–H groups in total. The Hall–Kier alpha value is -0.0600. The summed E-state index contributed by atoms with van der Waals surface area (Å²) in [6, 6.07) is 3.84. The van der Waals surface area contributed by atoms with Gasteiger partial charge in [0.05, 0.1) is 10.5 Å². The van der Waals surface area contributed by atoms with Gasteiger partial charge in [-0.15, -0.1) is 0 Å². The second-order valence-corrected chi connectivity index (χ2v) is 5.96. The molecule has 16 heavy (non-hydrogen) atoms. The lowest BCUT2D eigenvalue weighted by Gasteiger charge is -2.08. The molecular formula is C12H8Cl2IN. The van der Waals surface area contributed by atoms with Crippen molar-refractivity contribution in [1.29, 1.82) is 0 Å². The quantitative estimate of drug-likeness (QED) is 0.621. The average molecular weight is 364 g/mol. The Bertz CT molecular complexity index is 595. The fourth-order valence-electron chi connectivity index (χ4n) is 2.23. The summed E-state index contributed by atoms with van der Waals surface area (Å²) in [6.07, 6.45) is 3.24. The molecule has 0 spiro atoms. The van der Waals surface area contributed by atoms with Gasteiger partial charge in [0.25, 0.3) is 0 Å². The van der Waals surface area contributed by atoms with E-state index in [0.29, 0.717) is 0 Å². The number of nitrogens with zero attached hydrogens (tertiary/aromatic N) is 1. The van der Waals surface area contributed by atoms with Gasteiger partial charge in [-0.2, -0.15) is 0 Å². The van der Waals surface area contributed by atoms with Gasteiger partial charge in [-0.3, -0.25) is 4.98 Å². The molecule has 4 heteroatoms. The SMILES string of the molecule is Clc1cc(I)c2nc3c(c(Cl)c2c1)CCC3. The van der Waals surface area contributed by atoms with Crippen molar-refractivity contribution in [3.05, 3.63) is 37.0 Å².